The minimum atomic E-state index is 0.604. The molecule has 0 unspecified atom stereocenters. The van der Waals surface area contributed by atoms with Crippen molar-refractivity contribution in [2.45, 2.75) is 27.7 Å². The predicted molar refractivity (Wildman–Crippen MR) is 47.6 cm³/mol. The van der Waals surface area contributed by atoms with E-state index >= 15 is 0 Å². The molecule has 0 saturated heterocycles. The summed E-state index contributed by atoms with van der Waals surface area (Å²) in [5.41, 5.74) is 2.07. The monoisotopic (exact) mass is 163 g/mol. The van der Waals surface area contributed by atoms with Gasteiger partial charge in [0.1, 0.15) is 6.07 Å². The first-order valence-corrected chi connectivity index (χ1v) is 3.95. The van der Waals surface area contributed by atoms with Gasteiger partial charge in [0.2, 0.25) is 0 Å². The van der Waals surface area contributed by atoms with Crippen molar-refractivity contribution >= 4 is 0 Å². The van der Waals surface area contributed by atoms with E-state index in [-0.39, 0.29) is 0 Å². The van der Waals surface area contributed by atoms with Crippen LogP contribution in [0.3, 0.4) is 0 Å². The highest BCUT2D eigenvalue weighted by Gasteiger charge is 1.97. The van der Waals surface area contributed by atoms with Gasteiger partial charge in [0.15, 0.2) is 0 Å². The molecule has 0 aliphatic carbocycles. The molecular formula is C9H13N3. The van der Waals surface area contributed by atoms with Gasteiger partial charge in [0.05, 0.1) is 17.0 Å². The van der Waals surface area contributed by atoms with Crippen molar-refractivity contribution in [1.82, 2.24) is 10.2 Å². The second-order valence-corrected chi connectivity index (χ2v) is 2.10. The van der Waals surface area contributed by atoms with Gasteiger partial charge < -0.3 is 0 Å². The lowest BCUT2D eigenvalue weighted by molar-refractivity contribution is 0.934. The number of rotatable bonds is 0. The maximum Gasteiger partial charge on any atom is 0.101 e. The molecule has 3 heteroatoms. The molecule has 0 bridgehead atoms. The number of hydrogen-bond acceptors (Lipinski definition) is 3. The summed E-state index contributed by atoms with van der Waals surface area (Å²) in [6.45, 7) is 7.58. The van der Waals surface area contributed by atoms with Crippen molar-refractivity contribution in [1.29, 1.82) is 5.26 Å². The van der Waals surface area contributed by atoms with E-state index in [4.69, 9.17) is 5.26 Å². The molecule has 0 amide bonds. The average Bonchev–Trinajstić information content (AvgIpc) is 2.13. The van der Waals surface area contributed by atoms with E-state index in [0.29, 0.717) is 11.3 Å². The second kappa shape index (κ2) is 5.25. The van der Waals surface area contributed by atoms with Crippen LogP contribution in [0.2, 0.25) is 0 Å². The van der Waals surface area contributed by atoms with Gasteiger partial charge >= 0.3 is 0 Å². The first kappa shape index (κ1) is 10.6. The normalized spacial score (nSPS) is 7.92. The van der Waals surface area contributed by atoms with Crippen LogP contribution in [0.25, 0.3) is 0 Å². The first-order chi connectivity index (χ1) is 5.74. The van der Waals surface area contributed by atoms with Crippen LogP contribution in [0.1, 0.15) is 30.8 Å². The number of aromatic nitrogens is 2. The molecule has 0 aliphatic heterocycles. The van der Waals surface area contributed by atoms with E-state index in [1.54, 1.807) is 13.0 Å². The lowest BCUT2D eigenvalue weighted by Crippen LogP contribution is -1.93. The van der Waals surface area contributed by atoms with Crippen molar-refractivity contribution in [3.8, 4) is 6.07 Å². The fourth-order valence-corrected chi connectivity index (χ4v) is 0.663. The van der Waals surface area contributed by atoms with Crippen molar-refractivity contribution in [2.24, 2.45) is 0 Å². The van der Waals surface area contributed by atoms with Crippen molar-refractivity contribution < 1.29 is 0 Å². The quantitative estimate of drug-likeness (QED) is 0.587. The molecule has 0 aliphatic rings. The third-order valence-electron chi connectivity index (χ3n) is 1.22. The van der Waals surface area contributed by atoms with Gasteiger partial charge in [-0.2, -0.15) is 15.5 Å². The van der Waals surface area contributed by atoms with Crippen LogP contribution >= 0.6 is 0 Å². The predicted octanol–water partition coefficient (Wildman–Crippen LogP) is 1.99. The van der Waals surface area contributed by atoms with Crippen molar-refractivity contribution in [2.75, 3.05) is 0 Å². The highest BCUT2D eigenvalue weighted by molar-refractivity contribution is 5.32. The maximum absolute atomic E-state index is 8.53. The van der Waals surface area contributed by atoms with E-state index in [0.717, 1.165) is 5.69 Å². The van der Waals surface area contributed by atoms with Gasteiger partial charge in [-0.3, -0.25) is 0 Å². The van der Waals surface area contributed by atoms with Crippen LogP contribution in [0, 0.1) is 25.2 Å². The van der Waals surface area contributed by atoms with Crippen LogP contribution in [-0.2, 0) is 0 Å². The van der Waals surface area contributed by atoms with Gasteiger partial charge in [0, 0.05) is 0 Å². The molecule has 12 heavy (non-hydrogen) atoms. The number of hydrogen-bond donors (Lipinski definition) is 0. The number of aryl methyl sites for hydroxylation is 2. The Morgan fingerprint density at radius 1 is 1.25 bits per heavy atom. The Bertz CT molecular complexity index is 286. The fraction of sp³-hybridized carbons (Fsp3) is 0.444. The Morgan fingerprint density at radius 3 is 2.25 bits per heavy atom. The Kier molecular flexibility index (Phi) is 4.62. The molecule has 3 nitrogen and oxygen atoms in total. The van der Waals surface area contributed by atoms with Crippen LogP contribution in [0.5, 0.6) is 0 Å². The first-order valence-electron chi connectivity index (χ1n) is 3.95. The fourth-order valence-electron chi connectivity index (χ4n) is 0.663. The summed E-state index contributed by atoms with van der Waals surface area (Å²) in [6.07, 6.45) is 0. The second-order valence-electron chi connectivity index (χ2n) is 2.10. The summed E-state index contributed by atoms with van der Waals surface area (Å²) in [5, 5.41) is 16.1. The Morgan fingerprint density at radius 2 is 1.83 bits per heavy atom. The standard InChI is InChI=1S/C7H7N3.C2H6/c1-5-3-7(4-8)6(2)10-9-5;1-2/h3H,1-2H3;1-2H3. The zero-order valence-electron chi connectivity index (χ0n) is 7.92. The molecule has 0 saturated carbocycles. The zero-order valence-corrected chi connectivity index (χ0v) is 7.92. The van der Waals surface area contributed by atoms with Gasteiger partial charge in [-0.1, -0.05) is 13.8 Å². The highest BCUT2D eigenvalue weighted by atomic mass is 15.1. The molecule has 1 heterocycles. The summed E-state index contributed by atoms with van der Waals surface area (Å²) in [7, 11) is 0. The summed E-state index contributed by atoms with van der Waals surface area (Å²) in [4.78, 5) is 0. The minimum absolute atomic E-state index is 0.604. The molecule has 1 rings (SSSR count). The molecule has 0 N–H and O–H groups in total. The van der Waals surface area contributed by atoms with Crippen molar-refractivity contribution in [3.05, 3.63) is 23.0 Å². The Hall–Kier alpha value is -1.43. The summed E-state index contributed by atoms with van der Waals surface area (Å²) in [5.74, 6) is 0. The van der Waals surface area contributed by atoms with E-state index < -0.39 is 0 Å². The Labute approximate surface area is 73.1 Å². The molecular weight excluding hydrogens is 150 g/mol. The lowest BCUT2D eigenvalue weighted by atomic mass is 10.2. The molecule has 1 aromatic rings. The summed E-state index contributed by atoms with van der Waals surface area (Å²) >= 11 is 0. The van der Waals surface area contributed by atoms with Crippen molar-refractivity contribution in [3.63, 3.8) is 0 Å². The van der Waals surface area contributed by atoms with Crippen LogP contribution in [0.4, 0.5) is 0 Å². The lowest BCUT2D eigenvalue weighted by Gasteiger charge is -1.93. The topological polar surface area (TPSA) is 49.6 Å². The zero-order chi connectivity index (χ0) is 9.56. The van der Waals surface area contributed by atoms with E-state index in [1.165, 1.54) is 0 Å². The molecule has 0 fully saturated rings. The average molecular weight is 163 g/mol. The van der Waals surface area contributed by atoms with E-state index in [9.17, 15) is 0 Å². The smallest absolute Gasteiger partial charge is 0.101 e. The SMILES string of the molecule is CC.Cc1cc(C#N)c(C)nn1. The molecule has 0 atom stereocenters. The number of nitriles is 1. The number of nitrogens with zero attached hydrogens (tertiary/aromatic N) is 3. The third kappa shape index (κ3) is 2.67. The van der Waals surface area contributed by atoms with Crippen LogP contribution in [0.15, 0.2) is 6.07 Å². The Balaban J connectivity index is 0.000000561. The highest BCUT2D eigenvalue weighted by Crippen LogP contribution is 2.01. The molecule has 0 radical (unpaired) electrons. The summed E-state index contributed by atoms with van der Waals surface area (Å²) in [6, 6.07) is 3.76. The maximum atomic E-state index is 8.53. The van der Waals surface area contributed by atoms with Gasteiger partial charge in [-0.05, 0) is 19.9 Å². The van der Waals surface area contributed by atoms with Gasteiger partial charge in [-0.15, -0.1) is 0 Å². The van der Waals surface area contributed by atoms with E-state index in [1.807, 2.05) is 26.8 Å². The third-order valence-corrected chi connectivity index (χ3v) is 1.22. The molecule has 0 spiro atoms. The summed E-state index contributed by atoms with van der Waals surface area (Å²) < 4.78 is 0. The van der Waals surface area contributed by atoms with E-state index in [2.05, 4.69) is 10.2 Å². The molecule has 0 aromatic carbocycles. The molecule has 64 valence electrons. The molecule has 1 aromatic heterocycles. The van der Waals surface area contributed by atoms with Crippen LogP contribution < -0.4 is 0 Å². The van der Waals surface area contributed by atoms with Gasteiger partial charge in [0.25, 0.3) is 0 Å². The van der Waals surface area contributed by atoms with Gasteiger partial charge in [-0.25, -0.2) is 0 Å². The minimum Gasteiger partial charge on any atom is -0.192 e. The largest absolute Gasteiger partial charge is 0.192 e. The van der Waals surface area contributed by atoms with Crippen LogP contribution in [-0.4, -0.2) is 10.2 Å².